The number of rotatable bonds is 4. The zero-order chi connectivity index (χ0) is 16.4. The molecular weight excluding hydrogens is 309 g/mol. The van der Waals surface area contributed by atoms with E-state index in [0.29, 0.717) is 29.4 Å². The fourth-order valence-electron chi connectivity index (χ4n) is 2.29. The SMILES string of the molecule is Fc1ccc(-c2nnn(Cc3cc(-c4ccccc4)on3)n2)cc1. The van der Waals surface area contributed by atoms with Gasteiger partial charge >= 0.3 is 0 Å². The van der Waals surface area contributed by atoms with Crippen LogP contribution in [0.15, 0.2) is 65.2 Å². The monoisotopic (exact) mass is 321 g/mol. The third kappa shape index (κ3) is 2.91. The number of hydrogen-bond acceptors (Lipinski definition) is 5. The molecule has 0 unspecified atom stereocenters. The minimum atomic E-state index is -0.304. The van der Waals surface area contributed by atoms with E-state index in [2.05, 4.69) is 20.6 Å². The Labute approximate surface area is 136 Å². The Balaban J connectivity index is 1.52. The highest BCUT2D eigenvalue weighted by Gasteiger charge is 2.10. The van der Waals surface area contributed by atoms with Gasteiger partial charge in [0.2, 0.25) is 5.82 Å². The average molecular weight is 321 g/mol. The molecule has 0 fully saturated rings. The zero-order valence-corrected chi connectivity index (χ0v) is 12.5. The van der Waals surface area contributed by atoms with Gasteiger partial charge in [-0.25, -0.2) is 4.39 Å². The van der Waals surface area contributed by atoms with Gasteiger partial charge in [0, 0.05) is 17.2 Å². The molecule has 4 aromatic rings. The Morgan fingerprint density at radius 1 is 0.958 bits per heavy atom. The first-order valence-corrected chi connectivity index (χ1v) is 7.33. The van der Waals surface area contributed by atoms with E-state index in [1.54, 1.807) is 12.1 Å². The van der Waals surface area contributed by atoms with E-state index in [9.17, 15) is 4.39 Å². The molecular formula is C17H12FN5O. The minimum absolute atomic E-state index is 0.304. The summed E-state index contributed by atoms with van der Waals surface area (Å²) >= 11 is 0. The molecule has 0 saturated carbocycles. The molecule has 7 heteroatoms. The molecule has 6 nitrogen and oxygen atoms in total. The van der Waals surface area contributed by atoms with Crippen molar-refractivity contribution in [1.29, 1.82) is 0 Å². The van der Waals surface area contributed by atoms with Crippen molar-refractivity contribution >= 4 is 0 Å². The molecule has 0 aliphatic heterocycles. The summed E-state index contributed by atoms with van der Waals surface area (Å²) in [5.41, 5.74) is 2.35. The predicted molar refractivity (Wildman–Crippen MR) is 84.3 cm³/mol. The van der Waals surface area contributed by atoms with Crippen LogP contribution >= 0.6 is 0 Å². The van der Waals surface area contributed by atoms with Crippen LogP contribution < -0.4 is 0 Å². The second-order valence-corrected chi connectivity index (χ2v) is 5.20. The summed E-state index contributed by atoms with van der Waals surface area (Å²) in [5.74, 6) is 0.813. The summed E-state index contributed by atoms with van der Waals surface area (Å²) in [6.45, 7) is 0.338. The van der Waals surface area contributed by atoms with E-state index in [0.717, 1.165) is 5.56 Å². The van der Waals surface area contributed by atoms with Gasteiger partial charge in [-0.15, -0.1) is 10.2 Å². The van der Waals surface area contributed by atoms with Crippen molar-refractivity contribution in [2.75, 3.05) is 0 Å². The molecule has 4 rings (SSSR count). The Hall–Kier alpha value is -3.35. The van der Waals surface area contributed by atoms with Crippen molar-refractivity contribution in [3.05, 3.63) is 72.2 Å². The number of nitrogens with zero attached hydrogens (tertiary/aromatic N) is 5. The molecule has 0 spiro atoms. The lowest BCUT2D eigenvalue weighted by molar-refractivity contribution is 0.415. The van der Waals surface area contributed by atoms with Crippen molar-refractivity contribution in [2.45, 2.75) is 6.54 Å². The lowest BCUT2D eigenvalue weighted by Gasteiger charge is -1.94. The van der Waals surface area contributed by atoms with Crippen molar-refractivity contribution in [1.82, 2.24) is 25.4 Å². The van der Waals surface area contributed by atoms with Gasteiger partial charge in [0.1, 0.15) is 18.1 Å². The molecule has 0 amide bonds. The Morgan fingerprint density at radius 3 is 2.54 bits per heavy atom. The van der Waals surface area contributed by atoms with Gasteiger partial charge < -0.3 is 4.52 Å². The van der Waals surface area contributed by atoms with Gasteiger partial charge in [-0.3, -0.25) is 0 Å². The molecule has 0 aliphatic rings. The zero-order valence-electron chi connectivity index (χ0n) is 12.5. The van der Waals surface area contributed by atoms with Crippen molar-refractivity contribution in [2.24, 2.45) is 0 Å². The fraction of sp³-hybridized carbons (Fsp3) is 0.0588. The van der Waals surface area contributed by atoms with Crippen LogP contribution in [0.2, 0.25) is 0 Å². The predicted octanol–water partition coefficient (Wildman–Crippen LogP) is 3.18. The maximum atomic E-state index is 13.0. The molecule has 2 aromatic heterocycles. The highest BCUT2D eigenvalue weighted by molar-refractivity contribution is 5.57. The van der Waals surface area contributed by atoms with Gasteiger partial charge in [0.05, 0.1) is 0 Å². The molecule has 0 atom stereocenters. The van der Waals surface area contributed by atoms with Crippen LogP contribution in [0.25, 0.3) is 22.7 Å². The average Bonchev–Trinajstić information content (AvgIpc) is 3.27. The summed E-state index contributed by atoms with van der Waals surface area (Å²) in [6.07, 6.45) is 0. The lowest BCUT2D eigenvalue weighted by atomic mass is 10.2. The normalized spacial score (nSPS) is 10.9. The van der Waals surface area contributed by atoms with Crippen LogP contribution in [0.3, 0.4) is 0 Å². The van der Waals surface area contributed by atoms with Crippen LogP contribution in [-0.2, 0) is 6.54 Å². The molecule has 118 valence electrons. The van der Waals surface area contributed by atoms with E-state index < -0.39 is 0 Å². The summed E-state index contributed by atoms with van der Waals surface area (Å²) in [6, 6.07) is 17.5. The van der Waals surface area contributed by atoms with E-state index in [4.69, 9.17) is 4.52 Å². The molecule has 0 bridgehead atoms. The van der Waals surface area contributed by atoms with Crippen LogP contribution in [0.1, 0.15) is 5.69 Å². The summed E-state index contributed by atoms with van der Waals surface area (Å²) in [5, 5.41) is 16.3. The molecule has 2 heterocycles. The van der Waals surface area contributed by atoms with Gasteiger partial charge in [0.25, 0.3) is 0 Å². The molecule has 0 saturated heterocycles. The maximum Gasteiger partial charge on any atom is 0.204 e. The van der Waals surface area contributed by atoms with Crippen LogP contribution in [0.5, 0.6) is 0 Å². The van der Waals surface area contributed by atoms with E-state index in [1.165, 1.54) is 16.9 Å². The number of tetrazole rings is 1. The van der Waals surface area contributed by atoms with Crippen molar-refractivity contribution in [3.8, 4) is 22.7 Å². The van der Waals surface area contributed by atoms with Crippen LogP contribution in [0.4, 0.5) is 4.39 Å². The highest BCUT2D eigenvalue weighted by atomic mass is 19.1. The fourth-order valence-corrected chi connectivity index (χ4v) is 2.29. The first kappa shape index (κ1) is 14.3. The summed E-state index contributed by atoms with van der Waals surface area (Å²) in [7, 11) is 0. The maximum absolute atomic E-state index is 13.0. The van der Waals surface area contributed by atoms with Gasteiger partial charge in [0.15, 0.2) is 5.76 Å². The van der Waals surface area contributed by atoms with Crippen molar-refractivity contribution < 1.29 is 8.91 Å². The Morgan fingerprint density at radius 2 is 1.75 bits per heavy atom. The van der Waals surface area contributed by atoms with Crippen molar-refractivity contribution in [3.63, 3.8) is 0 Å². The molecule has 2 aromatic carbocycles. The second kappa shape index (κ2) is 6.04. The molecule has 0 N–H and O–H groups in total. The smallest absolute Gasteiger partial charge is 0.204 e. The number of benzene rings is 2. The first-order chi connectivity index (χ1) is 11.8. The quantitative estimate of drug-likeness (QED) is 0.577. The largest absolute Gasteiger partial charge is 0.356 e. The minimum Gasteiger partial charge on any atom is -0.356 e. The van der Waals surface area contributed by atoms with Gasteiger partial charge in [-0.2, -0.15) is 4.80 Å². The van der Waals surface area contributed by atoms with E-state index in [1.807, 2.05) is 36.4 Å². The topological polar surface area (TPSA) is 69.6 Å². The van der Waals surface area contributed by atoms with Gasteiger partial charge in [-0.05, 0) is 29.5 Å². The first-order valence-electron chi connectivity index (χ1n) is 7.33. The second-order valence-electron chi connectivity index (χ2n) is 5.20. The summed E-state index contributed by atoms with van der Waals surface area (Å²) in [4.78, 5) is 1.42. The number of hydrogen-bond donors (Lipinski definition) is 0. The number of halogens is 1. The highest BCUT2D eigenvalue weighted by Crippen LogP contribution is 2.20. The van der Waals surface area contributed by atoms with Crippen LogP contribution in [-0.4, -0.2) is 25.4 Å². The molecule has 0 radical (unpaired) electrons. The summed E-state index contributed by atoms with van der Waals surface area (Å²) < 4.78 is 18.3. The molecule has 24 heavy (non-hydrogen) atoms. The molecule has 0 aliphatic carbocycles. The Kier molecular flexibility index (Phi) is 3.59. The van der Waals surface area contributed by atoms with Crippen LogP contribution in [0, 0.1) is 5.82 Å². The third-order valence-corrected chi connectivity index (χ3v) is 3.48. The van der Waals surface area contributed by atoms with E-state index in [-0.39, 0.29) is 5.82 Å². The lowest BCUT2D eigenvalue weighted by Crippen LogP contribution is -2.04. The van der Waals surface area contributed by atoms with Gasteiger partial charge in [-0.1, -0.05) is 35.5 Å². The Bertz CT molecular complexity index is 947. The number of aromatic nitrogens is 5. The standard InChI is InChI=1S/C17H12FN5O/c18-14-8-6-13(7-9-14)17-19-22-23(20-17)11-15-10-16(24-21-15)12-4-2-1-3-5-12/h1-10H,11H2. The van der Waals surface area contributed by atoms with E-state index >= 15 is 0 Å². The third-order valence-electron chi connectivity index (χ3n) is 3.48.